The Morgan fingerprint density at radius 2 is 0.923 bits per heavy atom. The zero-order valence-corrected chi connectivity index (χ0v) is 18.1. The zero-order chi connectivity index (χ0) is 16.6. The van der Waals surface area contributed by atoms with E-state index >= 15 is 0 Å². The summed E-state index contributed by atoms with van der Waals surface area (Å²) in [6.07, 6.45) is 2.30. The van der Waals surface area contributed by atoms with Gasteiger partial charge in [0.2, 0.25) is 0 Å². The molecule has 2 aliphatic carbocycles. The first-order valence-electron chi connectivity index (χ1n) is 8.42. The van der Waals surface area contributed by atoms with E-state index in [0.717, 1.165) is 12.8 Å². The summed E-state index contributed by atoms with van der Waals surface area (Å²) in [5.74, 6) is 0. The first-order valence-corrected chi connectivity index (χ1v) is 13.4. The molecule has 124 valence electrons. The van der Waals surface area contributed by atoms with E-state index in [-0.39, 0.29) is 0 Å². The van der Waals surface area contributed by atoms with Crippen molar-refractivity contribution in [2.24, 2.45) is 0 Å². The van der Waals surface area contributed by atoms with E-state index < -0.39 is 0 Å². The normalized spacial score (nSPS) is 14.6. The van der Waals surface area contributed by atoms with Gasteiger partial charge in [0.1, 0.15) is 0 Å². The Morgan fingerprint density at radius 1 is 0.500 bits per heavy atom. The van der Waals surface area contributed by atoms with Gasteiger partial charge in [-0.2, -0.15) is 0 Å². The average molecular weight is 441 g/mol. The highest BCUT2D eigenvalue weighted by atomic mass is 32.1. The molecule has 0 amide bonds. The molecule has 26 heavy (non-hydrogen) atoms. The lowest BCUT2D eigenvalue weighted by Gasteiger charge is -1.93. The monoisotopic (exact) mass is 440 g/mol. The average Bonchev–Trinajstić information content (AvgIpc) is 3.37. The van der Waals surface area contributed by atoms with Crippen molar-refractivity contribution in [3.8, 4) is 19.5 Å². The van der Waals surface area contributed by atoms with Crippen LogP contribution in [0.2, 0.25) is 0 Å². The van der Waals surface area contributed by atoms with Gasteiger partial charge in [-0.15, -0.1) is 68.0 Å². The maximum absolute atomic E-state index is 2.29. The molecule has 0 fully saturated rings. The molecular formula is C20H8S6. The van der Waals surface area contributed by atoms with Crippen molar-refractivity contribution in [3.63, 3.8) is 0 Å². The molecule has 0 unspecified atom stereocenters. The van der Waals surface area contributed by atoms with Gasteiger partial charge in [0.05, 0.1) is 28.9 Å². The summed E-state index contributed by atoms with van der Waals surface area (Å²) in [6, 6.07) is 4.58. The molecule has 0 saturated heterocycles. The summed E-state index contributed by atoms with van der Waals surface area (Å²) in [5, 5.41) is 4.49. The zero-order valence-electron chi connectivity index (χ0n) is 13.2. The minimum Gasteiger partial charge on any atom is -0.143 e. The van der Waals surface area contributed by atoms with Gasteiger partial charge in [0, 0.05) is 31.6 Å². The fourth-order valence-electron chi connectivity index (χ4n) is 4.50. The van der Waals surface area contributed by atoms with E-state index in [1.807, 2.05) is 45.3 Å². The van der Waals surface area contributed by atoms with Crippen molar-refractivity contribution in [1.29, 1.82) is 0 Å². The summed E-state index contributed by atoms with van der Waals surface area (Å²) in [6.45, 7) is 0. The SMILES string of the molecule is c1cc2sc3c(c2s1)Cc1c-3sc2c3c(sc12)-c1sc2ccsc2c1C3. The summed E-state index contributed by atoms with van der Waals surface area (Å²) >= 11 is 12.0. The first-order chi connectivity index (χ1) is 12.9. The molecule has 6 heterocycles. The van der Waals surface area contributed by atoms with Gasteiger partial charge in [-0.05, 0) is 45.1 Å². The van der Waals surface area contributed by atoms with Crippen molar-refractivity contribution in [2.45, 2.75) is 12.8 Å². The van der Waals surface area contributed by atoms with Crippen molar-refractivity contribution >= 4 is 96.2 Å². The molecule has 8 rings (SSSR count). The van der Waals surface area contributed by atoms with Crippen LogP contribution < -0.4 is 0 Å². The van der Waals surface area contributed by atoms with Gasteiger partial charge >= 0.3 is 0 Å². The molecule has 0 N–H and O–H groups in total. The number of fused-ring (bicyclic) bond motifs is 13. The first kappa shape index (κ1) is 14.0. The lowest BCUT2D eigenvalue weighted by Crippen LogP contribution is -1.78. The summed E-state index contributed by atoms with van der Waals surface area (Å²) < 4.78 is 9.21. The van der Waals surface area contributed by atoms with Gasteiger partial charge in [-0.25, -0.2) is 0 Å². The van der Waals surface area contributed by atoms with E-state index in [1.165, 1.54) is 18.8 Å². The van der Waals surface area contributed by atoms with Crippen LogP contribution in [0.15, 0.2) is 22.9 Å². The second-order valence-electron chi connectivity index (χ2n) is 6.88. The Morgan fingerprint density at radius 3 is 1.42 bits per heavy atom. The Balaban J connectivity index is 1.40. The smallest absolute Gasteiger partial charge is 0.0502 e. The number of hydrogen-bond donors (Lipinski definition) is 0. The third-order valence-electron chi connectivity index (χ3n) is 5.61. The van der Waals surface area contributed by atoms with Gasteiger partial charge in [-0.1, -0.05) is 0 Å². The molecule has 6 heteroatoms. The van der Waals surface area contributed by atoms with Crippen LogP contribution in [0, 0.1) is 0 Å². The van der Waals surface area contributed by atoms with E-state index in [2.05, 4.69) is 45.6 Å². The van der Waals surface area contributed by atoms with Crippen LogP contribution in [0.3, 0.4) is 0 Å². The van der Waals surface area contributed by atoms with Crippen molar-refractivity contribution in [3.05, 3.63) is 45.1 Å². The Labute approximate surface area is 172 Å². The lowest BCUT2D eigenvalue weighted by molar-refractivity contribution is 1.32. The van der Waals surface area contributed by atoms with Gasteiger partial charge in [0.25, 0.3) is 0 Å². The molecule has 6 aromatic heterocycles. The fourth-order valence-corrected chi connectivity index (χ4v) is 12.5. The van der Waals surface area contributed by atoms with Crippen LogP contribution in [0.25, 0.3) is 47.7 Å². The van der Waals surface area contributed by atoms with E-state index in [0.29, 0.717) is 0 Å². The third-order valence-corrected chi connectivity index (χ3v) is 13.3. The van der Waals surface area contributed by atoms with Crippen LogP contribution in [0.4, 0.5) is 0 Å². The number of rotatable bonds is 0. The molecule has 6 aromatic rings. The maximum Gasteiger partial charge on any atom is 0.0502 e. The van der Waals surface area contributed by atoms with Crippen LogP contribution >= 0.6 is 68.0 Å². The fraction of sp³-hybridized carbons (Fsp3) is 0.100. The summed E-state index contributed by atoms with van der Waals surface area (Å²) in [4.78, 5) is 6.29. The van der Waals surface area contributed by atoms with E-state index in [9.17, 15) is 0 Å². The van der Waals surface area contributed by atoms with Crippen LogP contribution in [0.1, 0.15) is 22.3 Å². The molecule has 0 aliphatic heterocycles. The molecule has 0 radical (unpaired) electrons. The predicted molar refractivity (Wildman–Crippen MR) is 123 cm³/mol. The summed E-state index contributed by atoms with van der Waals surface area (Å²) in [7, 11) is 0. The van der Waals surface area contributed by atoms with E-state index in [1.54, 1.807) is 51.2 Å². The molecular weight excluding hydrogens is 433 g/mol. The van der Waals surface area contributed by atoms with Crippen LogP contribution in [0.5, 0.6) is 0 Å². The van der Waals surface area contributed by atoms with Crippen LogP contribution in [-0.4, -0.2) is 0 Å². The second kappa shape index (κ2) is 4.51. The number of hydrogen-bond acceptors (Lipinski definition) is 6. The quantitative estimate of drug-likeness (QED) is 0.221. The molecule has 2 aliphatic rings. The van der Waals surface area contributed by atoms with Crippen molar-refractivity contribution in [2.75, 3.05) is 0 Å². The van der Waals surface area contributed by atoms with Gasteiger partial charge < -0.3 is 0 Å². The molecule has 0 aromatic carbocycles. The highest BCUT2D eigenvalue weighted by Gasteiger charge is 2.34. The standard InChI is InChI=1S/C20H8S6/c1-3-21-13-7-5-9-17(15(7)23-11(1)13)25-20-10-6-8-14-12(2-4-22-14)24-16(8)18(10)26-19(9)20/h1-4H,5-6H2. The Kier molecular flexibility index (Phi) is 2.44. The maximum atomic E-state index is 2.29. The Bertz CT molecular complexity index is 1420. The second-order valence-corrected chi connectivity index (χ2v) is 12.9. The van der Waals surface area contributed by atoms with Gasteiger partial charge in [-0.3, -0.25) is 0 Å². The Hall–Kier alpha value is -1.02. The largest absolute Gasteiger partial charge is 0.143 e. The van der Waals surface area contributed by atoms with Crippen molar-refractivity contribution < 1.29 is 0 Å². The number of thiophene rings is 6. The third kappa shape index (κ3) is 1.47. The molecule has 0 nitrogen and oxygen atoms in total. The van der Waals surface area contributed by atoms with E-state index in [4.69, 9.17) is 0 Å². The minimum absolute atomic E-state index is 1.15. The summed E-state index contributed by atoms with van der Waals surface area (Å²) in [5.41, 5.74) is 6.46. The molecule has 0 spiro atoms. The molecule has 0 saturated carbocycles. The predicted octanol–water partition coefficient (Wildman–Crippen LogP) is 8.66. The minimum atomic E-state index is 1.15. The molecule has 0 atom stereocenters. The highest BCUT2D eigenvalue weighted by molar-refractivity contribution is 7.37. The lowest BCUT2D eigenvalue weighted by atomic mass is 10.1. The topological polar surface area (TPSA) is 0 Å². The highest BCUT2D eigenvalue weighted by Crippen LogP contribution is 2.60. The molecule has 0 bridgehead atoms. The van der Waals surface area contributed by atoms with Gasteiger partial charge in [0.15, 0.2) is 0 Å². The van der Waals surface area contributed by atoms with Crippen LogP contribution in [-0.2, 0) is 12.8 Å². The van der Waals surface area contributed by atoms with Crippen molar-refractivity contribution in [1.82, 2.24) is 0 Å².